The van der Waals surface area contributed by atoms with Crippen LogP contribution in [0, 0.1) is 0 Å². The summed E-state index contributed by atoms with van der Waals surface area (Å²) in [5.74, 6) is 0.760. The molecule has 1 heterocycles. The predicted octanol–water partition coefficient (Wildman–Crippen LogP) is 4.31. The van der Waals surface area contributed by atoms with Gasteiger partial charge in [-0.05, 0) is 48.9 Å². The summed E-state index contributed by atoms with van der Waals surface area (Å²) >= 11 is 0. The van der Waals surface area contributed by atoms with Crippen LogP contribution in [0.5, 0.6) is 5.75 Å². The second-order valence-corrected chi connectivity index (χ2v) is 5.78. The number of ether oxygens (including phenoxy) is 1. The zero-order chi connectivity index (χ0) is 17.5. The monoisotopic (exact) mass is 334 g/mol. The molecule has 1 amide bonds. The molecule has 2 aromatic carbocycles. The van der Waals surface area contributed by atoms with Gasteiger partial charge in [0.1, 0.15) is 11.8 Å². The Labute approximate surface area is 148 Å². The zero-order valence-corrected chi connectivity index (χ0v) is 14.3. The van der Waals surface area contributed by atoms with Crippen LogP contribution in [-0.2, 0) is 11.2 Å². The molecule has 4 heteroatoms. The van der Waals surface area contributed by atoms with E-state index in [1.165, 1.54) is 0 Å². The van der Waals surface area contributed by atoms with Crippen molar-refractivity contribution in [3.63, 3.8) is 0 Å². The molecule has 0 fully saturated rings. The van der Waals surface area contributed by atoms with Crippen LogP contribution in [0.4, 0.5) is 5.69 Å². The van der Waals surface area contributed by atoms with Gasteiger partial charge < -0.3 is 14.6 Å². The smallest absolute Gasteiger partial charge is 0.247 e. The van der Waals surface area contributed by atoms with Gasteiger partial charge in [-0.2, -0.15) is 0 Å². The molecule has 1 unspecified atom stereocenters. The summed E-state index contributed by atoms with van der Waals surface area (Å²) in [5.41, 5.74) is 1.89. The number of nitrogens with zero attached hydrogens (tertiary/aromatic N) is 1. The Hall–Kier alpha value is -3.01. The fraction of sp³-hybridized carbons (Fsp3) is 0.190. The van der Waals surface area contributed by atoms with Gasteiger partial charge in [-0.3, -0.25) is 4.79 Å². The standard InChI is InChI=1S/C21H22N2O2/c1-2-25-19-12-10-18(11-13-19)22-21(24)20(23-14-6-7-15-23)16-17-8-4-3-5-9-17/h3-15,20H,2,16H2,1H3,(H,22,24). The number of hydrogen-bond acceptors (Lipinski definition) is 2. The summed E-state index contributed by atoms with van der Waals surface area (Å²) < 4.78 is 7.38. The van der Waals surface area contributed by atoms with Gasteiger partial charge in [0.2, 0.25) is 5.91 Å². The molecule has 0 saturated carbocycles. The maximum Gasteiger partial charge on any atom is 0.247 e. The molecule has 3 aromatic rings. The predicted molar refractivity (Wildman–Crippen MR) is 99.9 cm³/mol. The highest BCUT2D eigenvalue weighted by atomic mass is 16.5. The Kier molecular flexibility index (Phi) is 5.52. The fourth-order valence-electron chi connectivity index (χ4n) is 2.75. The number of aromatic nitrogens is 1. The maximum absolute atomic E-state index is 12.9. The average Bonchev–Trinajstić information content (AvgIpc) is 3.17. The highest BCUT2D eigenvalue weighted by molar-refractivity contribution is 5.94. The summed E-state index contributed by atoms with van der Waals surface area (Å²) in [6.45, 7) is 2.57. The molecule has 128 valence electrons. The quantitative estimate of drug-likeness (QED) is 0.700. The van der Waals surface area contributed by atoms with Gasteiger partial charge in [0.05, 0.1) is 6.61 Å². The zero-order valence-electron chi connectivity index (χ0n) is 14.3. The third kappa shape index (κ3) is 4.51. The van der Waals surface area contributed by atoms with E-state index in [0.717, 1.165) is 17.0 Å². The van der Waals surface area contributed by atoms with E-state index in [0.29, 0.717) is 13.0 Å². The fourth-order valence-corrected chi connectivity index (χ4v) is 2.75. The molecule has 1 atom stereocenters. The number of anilines is 1. The first-order valence-corrected chi connectivity index (χ1v) is 8.46. The molecular weight excluding hydrogens is 312 g/mol. The van der Waals surface area contributed by atoms with Crippen LogP contribution in [0.2, 0.25) is 0 Å². The summed E-state index contributed by atoms with van der Waals surface area (Å²) in [4.78, 5) is 12.9. The topological polar surface area (TPSA) is 43.3 Å². The van der Waals surface area contributed by atoms with Crippen LogP contribution in [-0.4, -0.2) is 17.1 Å². The van der Waals surface area contributed by atoms with Crippen molar-refractivity contribution in [2.45, 2.75) is 19.4 Å². The Morgan fingerprint density at radius 3 is 2.32 bits per heavy atom. The van der Waals surface area contributed by atoms with Gasteiger partial charge in [0, 0.05) is 24.5 Å². The van der Waals surface area contributed by atoms with Gasteiger partial charge in [-0.15, -0.1) is 0 Å². The minimum atomic E-state index is -0.302. The Morgan fingerprint density at radius 2 is 1.68 bits per heavy atom. The van der Waals surface area contributed by atoms with Crippen molar-refractivity contribution in [2.75, 3.05) is 11.9 Å². The van der Waals surface area contributed by atoms with Crippen molar-refractivity contribution in [3.8, 4) is 5.75 Å². The van der Waals surface area contributed by atoms with E-state index in [2.05, 4.69) is 5.32 Å². The van der Waals surface area contributed by atoms with Crippen molar-refractivity contribution in [2.24, 2.45) is 0 Å². The molecule has 1 N–H and O–H groups in total. The Morgan fingerprint density at radius 1 is 1.00 bits per heavy atom. The lowest BCUT2D eigenvalue weighted by Gasteiger charge is -2.19. The lowest BCUT2D eigenvalue weighted by molar-refractivity contribution is -0.119. The summed E-state index contributed by atoms with van der Waals surface area (Å²) in [6, 6.07) is 21.1. The lowest BCUT2D eigenvalue weighted by atomic mass is 10.0. The van der Waals surface area contributed by atoms with Crippen molar-refractivity contribution in [3.05, 3.63) is 84.7 Å². The summed E-state index contributed by atoms with van der Waals surface area (Å²) in [7, 11) is 0. The molecule has 0 radical (unpaired) electrons. The van der Waals surface area contributed by atoms with Crippen LogP contribution in [0.15, 0.2) is 79.1 Å². The number of carbonyl (C=O) groups is 1. The minimum Gasteiger partial charge on any atom is -0.494 e. The molecule has 0 aliphatic heterocycles. The molecule has 1 aromatic heterocycles. The number of nitrogens with one attached hydrogen (secondary N) is 1. The van der Waals surface area contributed by atoms with Crippen LogP contribution >= 0.6 is 0 Å². The second-order valence-electron chi connectivity index (χ2n) is 5.78. The van der Waals surface area contributed by atoms with Gasteiger partial charge in [-0.1, -0.05) is 30.3 Å². The molecule has 4 nitrogen and oxygen atoms in total. The highest BCUT2D eigenvalue weighted by Crippen LogP contribution is 2.20. The van der Waals surface area contributed by atoms with E-state index in [1.54, 1.807) is 0 Å². The number of carbonyl (C=O) groups excluding carboxylic acids is 1. The average molecular weight is 334 g/mol. The Bertz CT molecular complexity index is 781. The van der Waals surface area contributed by atoms with Crippen LogP contribution in [0.1, 0.15) is 18.5 Å². The van der Waals surface area contributed by atoms with E-state index in [9.17, 15) is 4.79 Å². The van der Waals surface area contributed by atoms with E-state index in [1.807, 2.05) is 90.6 Å². The number of rotatable bonds is 7. The molecule has 25 heavy (non-hydrogen) atoms. The second kappa shape index (κ2) is 8.20. The normalized spacial score (nSPS) is 11.7. The van der Waals surface area contributed by atoms with Crippen molar-refractivity contribution in [1.82, 2.24) is 4.57 Å². The van der Waals surface area contributed by atoms with Crippen LogP contribution < -0.4 is 10.1 Å². The Balaban J connectivity index is 1.75. The van der Waals surface area contributed by atoms with Crippen LogP contribution in [0.3, 0.4) is 0 Å². The molecule has 3 rings (SSSR count). The van der Waals surface area contributed by atoms with Gasteiger partial charge in [-0.25, -0.2) is 0 Å². The highest BCUT2D eigenvalue weighted by Gasteiger charge is 2.20. The molecular formula is C21H22N2O2. The van der Waals surface area contributed by atoms with Gasteiger partial charge >= 0.3 is 0 Å². The summed E-state index contributed by atoms with van der Waals surface area (Å²) in [5, 5.41) is 3.00. The van der Waals surface area contributed by atoms with Crippen molar-refractivity contribution >= 4 is 11.6 Å². The molecule has 0 aliphatic rings. The first-order chi connectivity index (χ1) is 12.3. The minimum absolute atomic E-state index is 0.0378. The maximum atomic E-state index is 12.9. The van der Waals surface area contributed by atoms with Gasteiger partial charge in [0.25, 0.3) is 0 Å². The molecule has 0 spiro atoms. The van der Waals surface area contributed by atoms with Crippen LogP contribution in [0.25, 0.3) is 0 Å². The van der Waals surface area contributed by atoms with Crippen molar-refractivity contribution in [1.29, 1.82) is 0 Å². The summed E-state index contributed by atoms with van der Waals surface area (Å²) in [6.07, 6.45) is 4.48. The van der Waals surface area contributed by atoms with Gasteiger partial charge in [0.15, 0.2) is 0 Å². The SMILES string of the molecule is CCOc1ccc(NC(=O)C(Cc2ccccc2)n2cccc2)cc1. The number of hydrogen-bond donors (Lipinski definition) is 1. The first-order valence-electron chi connectivity index (χ1n) is 8.46. The molecule has 0 saturated heterocycles. The largest absolute Gasteiger partial charge is 0.494 e. The van der Waals surface area contributed by atoms with Crippen molar-refractivity contribution < 1.29 is 9.53 Å². The number of amides is 1. The molecule has 0 bridgehead atoms. The number of benzene rings is 2. The lowest BCUT2D eigenvalue weighted by Crippen LogP contribution is -2.27. The third-order valence-electron chi connectivity index (χ3n) is 3.99. The van der Waals surface area contributed by atoms with E-state index in [4.69, 9.17) is 4.74 Å². The first kappa shape index (κ1) is 16.8. The van der Waals surface area contributed by atoms with E-state index < -0.39 is 0 Å². The van der Waals surface area contributed by atoms with E-state index in [-0.39, 0.29) is 11.9 Å². The van der Waals surface area contributed by atoms with E-state index >= 15 is 0 Å². The molecule has 0 aliphatic carbocycles. The third-order valence-corrected chi connectivity index (χ3v) is 3.99.